The Kier molecular flexibility index (Phi) is 3.93. The zero-order chi connectivity index (χ0) is 14.1. The summed E-state index contributed by atoms with van der Waals surface area (Å²) in [5.41, 5.74) is -1.07. The molecule has 0 aromatic carbocycles. The zero-order valence-corrected chi connectivity index (χ0v) is 12.0. The number of hydrogen-bond acceptors (Lipinski definition) is 2. The molecular formula is C13H24N2O3. The molecule has 1 aliphatic heterocycles. The maximum Gasteiger partial charge on any atom is 0.329 e. The fourth-order valence-electron chi connectivity index (χ4n) is 2.18. The van der Waals surface area contributed by atoms with Gasteiger partial charge < -0.3 is 14.9 Å². The van der Waals surface area contributed by atoms with Crippen LogP contribution in [0.15, 0.2) is 0 Å². The number of amides is 2. The highest BCUT2D eigenvalue weighted by Crippen LogP contribution is 2.29. The lowest BCUT2D eigenvalue weighted by molar-refractivity contribution is -0.147. The molecule has 0 aromatic rings. The van der Waals surface area contributed by atoms with E-state index in [2.05, 4.69) is 13.8 Å². The van der Waals surface area contributed by atoms with Gasteiger partial charge in [0.05, 0.1) is 0 Å². The number of urea groups is 1. The quantitative estimate of drug-likeness (QED) is 0.822. The third-order valence-corrected chi connectivity index (χ3v) is 3.82. The lowest BCUT2D eigenvalue weighted by atomic mass is 9.84. The maximum absolute atomic E-state index is 12.3. The molecule has 1 heterocycles. The first kappa shape index (κ1) is 14.8. The fraction of sp³-hybridized carbons (Fsp3) is 0.846. The minimum Gasteiger partial charge on any atom is -0.480 e. The van der Waals surface area contributed by atoms with Crippen molar-refractivity contribution in [2.75, 3.05) is 20.1 Å². The van der Waals surface area contributed by atoms with Gasteiger partial charge in [-0.25, -0.2) is 9.59 Å². The summed E-state index contributed by atoms with van der Waals surface area (Å²) in [6.07, 6.45) is 2.07. The number of nitrogens with zero attached hydrogens (tertiary/aromatic N) is 2. The second kappa shape index (κ2) is 4.78. The molecule has 5 heteroatoms. The van der Waals surface area contributed by atoms with Crippen LogP contribution in [0.1, 0.15) is 40.5 Å². The Morgan fingerprint density at radius 2 is 1.89 bits per heavy atom. The largest absolute Gasteiger partial charge is 0.480 e. The Morgan fingerprint density at radius 3 is 2.33 bits per heavy atom. The summed E-state index contributed by atoms with van der Waals surface area (Å²) in [4.78, 5) is 26.6. The summed E-state index contributed by atoms with van der Waals surface area (Å²) < 4.78 is 0. The molecule has 0 aromatic heterocycles. The average Bonchev–Trinajstić information content (AvgIpc) is 2.25. The molecule has 0 aliphatic carbocycles. The average molecular weight is 256 g/mol. The zero-order valence-electron chi connectivity index (χ0n) is 12.0. The smallest absolute Gasteiger partial charge is 0.329 e. The van der Waals surface area contributed by atoms with Crippen LogP contribution in [-0.4, -0.2) is 52.6 Å². The molecule has 104 valence electrons. The van der Waals surface area contributed by atoms with Crippen LogP contribution in [0.5, 0.6) is 0 Å². The van der Waals surface area contributed by atoms with Gasteiger partial charge in [0.2, 0.25) is 0 Å². The van der Waals surface area contributed by atoms with E-state index < -0.39 is 11.5 Å². The molecule has 0 spiro atoms. The molecule has 0 bridgehead atoms. The number of hydrogen-bond donors (Lipinski definition) is 1. The SMILES string of the molecule is CN(C(=O)N1CCCC(C)(C)C1)C(C)(C)C(=O)O. The molecule has 5 nitrogen and oxygen atoms in total. The van der Waals surface area contributed by atoms with Gasteiger partial charge in [-0.05, 0) is 32.1 Å². The summed E-state index contributed by atoms with van der Waals surface area (Å²) in [7, 11) is 1.55. The summed E-state index contributed by atoms with van der Waals surface area (Å²) >= 11 is 0. The van der Waals surface area contributed by atoms with E-state index in [9.17, 15) is 9.59 Å². The van der Waals surface area contributed by atoms with Crippen molar-refractivity contribution in [1.29, 1.82) is 0 Å². The number of likely N-dealkylation sites (N-methyl/N-ethyl adjacent to an activating group) is 1. The van der Waals surface area contributed by atoms with Gasteiger partial charge in [-0.2, -0.15) is 0 Å². The molecule has 1 N–H and O–H groups in total. The topological polar surface area (TPSA) is 60.9 Å². The molecule has 0 atom stereocenters. The molecule has 0 radical (unpaired) electrons. The minimum atomic E-state index is -1.18. The molecule has 1 aliphatic rings. The number of carboxylic acids is 1. The molecule has 1 fully saturated rings. The Morgan fingerprint density at radius 1 is 1.33 bits per heavy atom. The van der Waals surface area contributed by atoms with Crippen LogP contribution >= 0.6 is 0 Å². The van der Waals surface area contributed by atoms with Crippen molar-refractivity contribution in [2.24, 2.45) is 5.41 Å². The molecule has 1 saturated heterocycles. The molecule has 18 heavy (non-hydrogen) atoms. The number of carbonyl (C=O) groups excluding carboxylic acids is 1. The molecule has 1 rings (SSSR count). The molecule has 0 saturated carbocycles. The lowest BCUT2D eigenvalue weighted by Gasteiger charge is -2.42. The third kappa shape index (κ3) is 2.94. The van der Waals surface area contributed by atoms with Gasteiger partial charge in [0.25, 0.3) is 0 Å². The van der Waals surface area contributed by atoms with Crippen LogP contribution in [0.4, 0.5) is 4.79 Å². The van der Waals surface area contributed by atoms with Gasteiger partial charge in [0, 0.05) is 20.1 Å². The van der Waals surface area contributed by atoms with E-state index in [-0.39, 0.29) is 11.4 Å². The van der Waals surface area contributed by atoms with Crippen molar-refractivity contribution in [3.05, 3.63) is 0 Å². The van der Waals surface area contributed by atoms with Crippen molar-refractivity contribution in [1.82, 2.24) is 9.80 Å². The van der Waals surface area contributed by atoms with Crippen LogP contribution in [0, 0.1) is 5.41 Å². The Balaban J connectivity index is 2.78. The predicted molar refractivity (Wildman–Crippen MR) is 69.5 cm³/mol. The highest BCUT2D eigenvalue weighted by Gasteiger charge is 2.39. The highest BCUT2D eigenvalue weighted by atomic mass is 16.4. The minimum absolute atomic E-state index is 0.113. The predicted octanol–water partition coefficient (Wildman–Crippen LogP) is 2.02. The monoisotopic (exact) mass is 256 g/mol. The van der Waals surface area contributed by atoms with E-state index in [4.69, 9.17) is 5.11 Å². The Labute approximate surface area is 109 Å². The summed E-state index contributed by atoms with van der Waals surface area (Å²) in [5.74, 6) is -0.991. The first-order chi connectivity index (χ1) is 8.08. The standard InChI is InChI=1S/C13H24N2O3/c1-12(2)7-6-8-15(9-12)11(18)14(5)13(3,4)10(16)17/h6-9H2,1-5H3,(H,16,17). The van der Waals surface area contributed by atoms with Gasteiger partial charge in [0.15, 0.2) is 0 Å². The van der Waals surface area contributed by atoms with Crippen LogP contribution in [0.3, 0.4) is 0 Å². The lowest BCUT2D eigenvalue weighted by Crippen LogP contribution is -2.57. The van der Waals surface area contributed by atoms with E-state index in [1.807, 2.05) is 0 Å². The number of piperidine rings is 1. The molecule has 0 unspecified atom stereocenters. The second-order valence-electron chi connectivity index (χ2n) is 6.40. The summed E-state index contributed by atoms with van der Waals surface area (Å²) in [6, 6.07) is -0.199. The Bertz CT molecular complexity index is 350. The van der Waals surface area contributed by atoms with E-state index in [0.717, 1.165) is 12.8 Å². The normalized spacial score (nSPS) is 19.5. The maximum atomic E-state index is 12.3. The number of likely N-dealkylation sites (tertiary alicyclic amines) is 1. The van der Waals surface area contributed by atoms with Crippen LogP contribution in [0.25, 0.3) is 0 Å². The van der Waals surface area contributed by atoms with E-state index >= 15 is 0 Å². The molecule has 2 amide bonds. The van der Waals surface area contributed by atoms with Crippen LogP contribution < -0.4 is 0 Å². The van der Waals surface area contributed by atoms with Crippen LogP contribution in [0.2, 0.25) is 0 Å². The van der Waals surface area contributed by atoms with E-state index in [1.54, 1.807) is 25.8 Å². The molecular weight excluding hydrogens is 232 g/mol. The first-order valence-electron chi connectivity index (χ1n) is 6.34. The van der Waals surface area contributed by atoms with Crippen molar-refractivity contribution in [3.8, 4) is 0 Å². The van der Waals surface area contributed by atoms with Crippen molar-refractivity contribution >= 4 is 12.0 Å². The Hall–Kier alpha value is -1.26. The van der Waals surface area contributed by atoms with E-state index in [0.29, 0.717) is 13.1 Å². The third-order valence-electron chi connectivity index (χ3n) is 3.82. The van der Waals surface area contributed by atoms with Gasteiger partial charge >= 0.3 is 12.0 Å². The van der Waals surface area contributed by atoms with Gasteiger partial charge in [-0.1, -0.05) is 13.8 Å². The van der Waals surface area contributed by atoms with Crippen molar-refractivity contribution < 1.29 is 14.7 Å². The summed E-state index contributed by atoms with van der Waals surface area (Å²) in [5, 5.41) is 9.15. The second-order valence-corrected chi connectivity index (χ2v) is 6.40. The van der Waals surface area contributed by atoms with E-state index in [1.165, 1.54) is 4.90 Å². The number of rotatable bonds is 2. The number of aliphatic carboxylic acids is 1. The summed E-state index contributed by atoms with van der Waals surface area (Å²) in [6.45, 7) is 8.75. The van der Waals surface area contributed by atoms with Crippen molar-refractivity contribution in [2.45, 2.75) is 46.1 Å². The highest BCUT2D eigenvalue weighted by molar-refractivity contribution is 5.85. The van der Waals surface area contributed by atoms with Gasteiger partial charge in [-0.3, -0.25) is 0 Å². The van der Waals surface area contributed by atoms with Gasteiger partial charge in [-0.15, -0.1) is 0 Å². The number of carboxylic acid groups (broad SMARTS) is 1. The van der Waals surface area contributed by atoms with Gasteiger partial charge in [0.1, 0.15) is 5.54 Å². The number of carbonyl (C=O) groups is 2. The first-order valence-corrected chi connectivity index (χ1v) is 6.34. The fourth-order valence-corrected chi connectivity index (χ4v) is 2.18. The van der Waals surface area contributed by atoms with Crippen LogP contribution in [-0.2, 0) is 4.79 Å². The van der Waals surface area contributed by atoms with Crippen molar-refractivity contribution in [3.63, 3.8) is 0 Å².